The van der Waals surface area contributed by atoms with Gasteiger partial charge in [-0.25, -0.2) is 9.97 Å². The van der Waals surface area contributed by atoms with E-state index < -0.39 is 0 Å². The van der Waals surface area contributed by atoms with Crippen LogP contribution in [0, 0.1) is 13.8 Å². The fraction of sp³-hybridized carbons (Fsp3) is 0.133. The van der Waals surface area contributed by atoms with E-state index in [4.69, 9.17) is 0 Å². The van der Waals surface area contributed by atoms with Crippen molar-refractivity contribution in [2.24, 2.45) is 0 Å². The Balaban J connectivity index is 1.86. The molecule has 0 aliphatic heterocycles. The van der Waals surface area contributed by atoms with E-state index in [0.29, 0.717) is 11.5 Å². The van der Waals surface area contributed by atoms with E-state index in [1.807, 2.05) is 42.6 Å². The van der Waals surface area contributed by atoms with E-state index in [2.05, 4.69) is 15.3 Å². The number of rotatable bonds is 2. The van der Waals surface area contributed by atoms with Gasteiger partial charge in [0.2, 0.25) is 0 Å². The first-order valence-corrected chi connectivity index (χ1v) is 6.31. The monoisotopic (exact) mass is 266 g/mol. The summed E-state index contributed by atoms with van der Waals surface area (Å²) in [7, 11) is 0. The average Bonchev–Trinajstić information content (AvgIpc) is 2.84. The van der Waals surface area contributed by atoms with Crippen LogP contribution in [0.1, 0.15) is 21.6 Å². The van der Waals surface area contributed by atoms with Crippen LogP contribution in [0.25, 0.3) is 5.65 Å². The van der Waals surface area contributed by atoms with Gasteiger partial charge in [-0.05, 0) is 43.2 Å². The molecular formula is C15H14N4O. The van der Waals surface area contributed by atoms with Gasteiger partial charge in [0.1, 0.15) is 17.2 Å². The van der Waals surface area contributed by atoms with Crippen LogP contribution < -0.4 is 5.32 Å². The van der Waals surface area contributed by atoms with Crippen LogP contribution in [-0.4, -0.2) is 20.3 Å². The van der Waals surface area contributed by atoms with Gasteiger partial charge < -0.3 is 9.72 Å². The van der Waals surface area contributed by atoms with E-state index in [9.17, 15) is 4.79 Å². The largest absolute Gasteiger partial charge is 0.306 e. The van der Waals surface area contributed by atoms with Crippen molar-refractivity contribution in [2.75, 3.05) is 5.32 Å². The lowest BCUT2D eigenvalue weighted by molar-refractivity contribution is 0.102. The Labute approximate surface area is 116 Å². The van der Waals surface area contributed by atoms with Gasteiger partial charge >= 0.3 is 0 Å². The predicted molar refractivity (Wildman–Crippen MR) is 76.9 cm³/mol. The number of hydrogen-bond donors (Lipinski definition) is 1. The van der Waals surface area contributed by atoms with Crippen LogP contribution in [0.15, 0.2) is 42.9 Å². The van der Waals surface area contributed by atoms with Gasteiger partial charge in [0.15, 0.2) is 0 Å². The smallest absolute Gasteiger partial charge is 0.277 e. The molecule has 0 saturated heterocycles. The Bertz CT molecular complexity index is 774. The maximum Gasteiger partial charge on any atom is 0.277 e. The van der Waals surface area contributed by atoms with E-state index in [1.165, 1.54) is 0 Å². The van der Waals surface area contributed by atoms with Crippen LogP contribution in [0.4, 0.5) is 5.82 Å². The molecule has 100 valence electrons. The van der Waals surface area contributed by atoms with E-state index in [0.717, 1.165) is 16.8 Å². The molecule has 0 saturated carbocycles. The van der Waals surface area contributed by atoms with Crippen molar-refractivity contribution in [3.63, 3.8) is 0 Å². The lowest BCUT2D eigenvalue weighted by Crippen LogP contribution is -2.13. The molecule has 0 unspecified atom stereocenters. The van der Waals surface area contributed by atoms with Gasteiger partial charge in [0, 0.05) is 18.6 Å². The Morgan fingerprint density at radius 2 is 2.05 bits per heavy atom. The van der Waals surface area contributed by atoms with E-state index in [-0.39, 0.29) is 5.91 Å². The summed E-state index contributed by atoms with van der Waals surface area (Å²) in [5.74, 6) is 0.261. The van der Waals surface area contributed by atoms with Crippen molar-refractivity contribution in [1.29, 1.82) is 0 Å². The predicted octanol–water partition coefficient (Wildman–Crippen LogP) is 2.60. The highest BCUT2D eigenvalue weighted by Gasteiger charge is 2.11. The molecular weight excluding hydrogens is 252 g/mol. The average molecular weight is 266 g/mol. The Kier molecular flexibility index (Phi) is 2.95. The van der Waals surface area contributed by atoms with Gasteiger partial charge in [0.25, 0.3) is 5.91 Å². The number of fused-ring (bicyclic) bond motifs is 1. The molecule has 0 aliphatic carbocycles. The quantitative estimate of drug-likeness (QED) is 0.775. The summed E-state index contributed by atoms with van der Waals surface area (Å²) >= 11 is 0. The highest BCUT2D eigenvalue weighted by atomic mass is 16.2. The summed E-state index contributed by atoms with van der Waals surface area (Å²) in [4.78, 5) is 20.6. The zero-order chi connectivity index (χ0) is 14.1. The normalized spacial score (nSPS) is 10.7. The zero-order valence-corrected chi connectivity index (χ0v) is 11.3. The number of nitrogens with zero attached hydrogens (tertiary/aromatic N) is 3. The zero-order valence-electron chi connectivity index (χ0n) is 11.3. The molecule has 0 atom stereocenters. The molecule has 0 aliphatic rings. The number of aromatic nitrogens is 3. The third-order valence-electron chi connectivity index (χ3n) is 3.00. The SMILES string of the molecule is Cc1ccc(NC(=O)c2cn3ccc(C)cc3n2)nc1. The topological polar surface area (TPSA) is 59.3 Å². The third kappa shape index (κ3) is 2.38. The van der Waals surface area contributed by atoms with Gasteiger partial charge in [-0.3, -0.25) is 4.79 Å². The van der Waals surface area contributed by atoms with Crippen molar-refractivity contribution in [3.8, 4) is 0 Å². The number of amides is 1. The van der Waals surface area contributed by atoms with Crippen molar-refractivity contribution >= 4 is 17.4 Å². The van der Waals surface area contributed by atoms with E-state index in [1.54, 1.807) is 18.5 Å². The fourth-order valence-electron chi connectivity index (χ4n) is 1.92. The molecule has 0 spiro atoms. The van der Waals surface area contributed by atoms with Crippen molar-refractivity contribution in [3.05, 3.63) is 59.7 Å². The fourth-order valence-corrected chi connectivity index (χ4v) is 1.92. The molecule has 0 radical (unpaired) electrons. The van der Waals surface area contributed by atoms with Crippen LogP contribution in [0.2, 0.25) is 0 Å². The van der Waals surface area contributed by atoms with Crippen LogP contribution >= 0.6 is 0 Å². The maximum atomic E-state index is 12.1. The van der Waals surface area contributed by atoms with Crippen LogP contribution in [0.3, 0.4) is 0 Å². The van der Waals surface area contributed by atoms with Gasteiger partial charge in [-0.1, -0.05) is 6.07 Å². The molecule has 1 amide bonds. The summed E-state index contributed by atoms with van der Waals surface area (Å²) in [5.41, 5.74) is 3.28. The molecule has 3 rings (SSSR count). The highest BCUT2D eigenvalue weighted by Crippen LogP contribution is 2.10. The summed E-state index contributed by atoms with van der Waals surface area (Å²) in [5, 5.41) is 2.74. The van der Waals surface area contributed by atoms with Crippen molar-refractivity contribution in [2.45, 2.75) is 13.8 Å². The number of carbonyl (C=O) groups excluding carboxylic acids is 1. The lowest BCUT2D eigenvalue weighted by Gasteiger charge is -2.01. The van der Waals surface area contributed by atoms with Crippen molar-refractivity contribution < 1.29 is 4.79 Å². The van der Waals surface area contributed by atoms with Crippen molar-refractivity contribution in [1.82, 2.24) is 14.4 Å². The molecule has 5 nitrogen and oxygen atoms in total. The molecule has 1 N–H and O–H groups in total. The summed E-state index contributed by atoms with van der Waals surface area (Å²) in [6, 6.07) is 7.57. The molecule has 3 aromatic rings. The minimum absolute atomic E-state index is 0.261. The molecule has 3 heterocycles. The first kappa shape index (κ1) is 12.3. The summed E-state index contributed by atoms with van der Waals surface area (Å²) in [6.45, 7) is 3.94. The Morgan fingerprint density at radius 3 is 2.80 bits per heavy atom. The first-order valence-electron chi connectivity index (χ1n) is 6.31. The highest BCUT2D eigenvalue weighted by molar-refractivity contribution is 6.02. The molecule has 3 aromatic heterocycles. The van der Waals surface area contributed by atoms with Gasteiger partial charge in [0.05, 0.1) is 0 Å². The molecule has 20 heavy (non-hydrogen) atoms. The number of pyridine rings is 2. The number of imidazole rings is 1. The van der Waals surface area contributed by atoms with Gasteiger partial charge in [-0.15, -0.1) is 0 Å². The first-order chi connectivity index (χ1) is 9.61. The van der Waals surface area contributed by atoms with Crippen LogP contribution in [0.5, 0.6) is 0 Å². The minimum atomic E-state index is -0.261. The molecule has 0 fully saturated rings. The van der Waals surface area contributed by atoms with E-state index >= 15 is 0 Å². The second-order valence-corrected chi connectivity index (χ2v) is 4.77. The minimum Gasteiger partial charge on any atom is -0.306 e. The number of carbonyl (C=O) groups is 1. The Morgan fingerprint density at radius 1 is 1.20 bits per heavy atom. The molecule has 0 aromatic carbocycles. The second kappa shape index (κ2) is 4.77. The van der Waals surface area contributed by atoms with Crippen LogP contribution in [-0.2, 0) is 0 Å². The van der Waals surface area contributed by atoms with Gasteiger partial charge in [-0.2, -0.15) is 0 Å². The lowest BCUT2D eigenvalue weighted by atomic mass is 10.3. The number of nitrogens with one attached hydrogen (secondary N) is 1. The molecule has 0 bridgehead atoms. The third-order valence-corrected chi connectivity index (χ3v) is 3.00. The number of hydrogen-bond acceptors (Lipinski definition) is 3. The standard InChI is InChI=1S/C15H14N4O/c1-10-5-6-19-9-12(17-14(19)7-10)15(20)18-13-4-3-11(2)8-16-13/h3-9H,1-2H3,(H,16,18,20). The summed E-state index contributed by atoms with van der Waals surface area (Å²) in [6.07, 6.45) is 5.31. The summed E-state index contributed by atoms with van der Waals surface area (Å²) < 4.78 is 1.82. The molecule has 5 heteroatoms. The second-order valence-electron chi connectivity index (χ2n) is 4.77. The maximum absolute atomic E-state index is 12.1. The number of aryl methyl sites for hydroxylation is 2. The Hall–Kier alpha value is -2.69. The number of anilines is 1.